The van der Waals surface area contributed by atoms with E-state index in [1.165, 1.54) is 0 Å². The molecule has 6 rings (SSSR count). The van der Waals surface area contributed by atoms with Crippen LogP contribution < -0.4 is 15.5 Å². The molecule has 0 radical (unpaired) electrons. The number of nitrogens with one attached hydrogen (secondary N) is 2. The average Bonchev–Trinajstić information content (AvgIpc) is 3.71. The highest BCUT2D eigenvalue weighted by Gasteiger charge is 2.54. The number of hydrogen-bond acceptors (Lipinski definition) is 7. The lowest BCUT2D eigenvalue weighted by atomic mass is 9.90. The van der Waals surface area contributed by atoms with Crippen molar-refractivity contribution in [1.29, 1.82) is 0 Å². The number of rotatable bonds is 8. The van der Waals surface area contributed by atoms with E-state index >= 15 is 0 Å². The van der Waals surface area contributed by atoms with Crippen LogP contribution in [0.3, 0.4) is 0 Å². The second kappa shape index (κ2) is 8.53. The molecule has 1 saturated heterocycles. The molecule has 3 fully saturated rings. The van der Waals surface area contributed by atoms with E-state index in [9.17, 15) is 9.18 Å². The number of aryl methyl sites for hydroxylation is 1. The van der Waals surface area contributed by atoms with Gasteiger partial charge in [0, 0.05) is 39.3 Å². The van der Waals surface area contributed by atoms with Crippen LogP contribution in [0.1, 0.15) is 30.6 Å². The fourth-order valence-electron chi connectivity index (χ4n) is 4.26. The van der Waals surface area contributed by atoms with Crippen LogP contribution in [-0.2, 0) is 4.79 Å². The molecule has 1 aromatic carbocycles. The van der Waals surface area contributed by atoms with Gasteiger partial charge in [-0.05, 0) is 68.9 Å². The standard InChI is InChI=1S/C25H26FN5OS2/c1-15-12-27-24(33-15)30-21-10-19(31-13-25(26,14-31)17-4-5-17)11-22(29-21)34-20-8-6-18(7-9-20)28-23(32)16-2-3-16/h6-12,16-17H,2-5,13-14H2,1H3,(H,28,32)(H,27,29,30). The van der Waals surface area contributed by atoms with Crippen molar-refractivity contribution >= 4 is 51.3 Å². The number of amides is 1. The smallest absolute Gasteiger partial charge is 0.227 e. The van der Waals surface area contributed by atoms with Crippen LogP contribution in [0.5, 0.6) is 0 Å². The molecule has 3 aromatic rings. The predicted octanol–water partition coefficient (Wildman–Crippen LogP) is 6.03. The highest BCUT2D eigenvalue weighted by molar-refractivity contribution is 7.99. The topological polar surface area (TPSA) is 70.2 Å². The number of carbonyl (C=O) groups excluding carboxylic acids is 1. The molecular weight excluding hydrogens is 469 g/mol. The van der Waals surface area contributed by atoms with E-state index in [1.807, 2.05) is 49.5 Å². The summed E-state index contributed by atoms with van der Waals surface area (Å²) in [5.74, 6) is 1.21. The maximum absolute atomic E-state index is 15.0. The normalized spacial score (nSPS) is 18.9. The quantitative estimate of drug-likeness (QED) is 0.398. The lowest BCUT2D eigenvalue weighted by Gasteiger charge is -2.46. The van der Waals surface area contributed by atoms with E-state index in [0.717, 1.165) is 57.0 Å². The van der Waals surface area contributed by atoms with Crippen molar-refractivity contribution in [2.45, 2.75) is 48.2 Å². The fraction of sp³-hybridized carbons (Fsp3) is 0.400. The molecular formula is C25H26FN5OS2. The molecule has 1 amide bonds. The van der Waals surface area contributed by atoms with Gasteiger partial charge in [0.25, 0.3) is 0 Å². The Morgan fingerprint density at radius 3 is 2.59 bits per heavy atom. The number of alkyl halides is 1. The second-order valence-corrected chi connectivity index (χ2v) is 11.8. The summed E-state index contributed by atoms with van der Waals surface area (Å²) in [6.07, 6.45) is 5.82. The first-order valence-electron chi connectivity index (χ1n) is 11.7. The minimum Gasteiger partial charge on any atom is -0.365 e. The first kappa shape index (κ1) is 21.9. The van der Waals surface area contributed by atoms with Crippen molar-refractivity contribution in [2.24, 2.45) is 11.8 Å². The number of hydrogen-bond donors (Lipinski definition) is 2. The van der Waals surface area contributed by atoms with Crippen molar-refractivity contribution in [3.8, 4) is 0 Å². The first-order chi connectivity index (χ1) is 16.4. The van der Waals surface area contributed by atoms with E-state index in [1.54, 1.807) is 23.1 Å². The molecule has 2 N–H and O–H groups in total. The number of carbonyl (C=O) groups is 1. The third kappa shape index (κ3) is 4.77. The predicted molar refractivity (Wildman–Crippen MR) is 135 cm³/mol. The molecule has 0 spiro atoms. The van der Waals surface area contributed by atoms with Gasteiger partial charge in [-0.15, -0.1) is 11.3 Å². The highest BCUT2D eigenvalue weighted by Crippen LogP contribution is 2.48. The lowest BCUT2D eigenvalue weighted by Crippen LogP contribution is -2.60. The Bertz CT molecular complexity index is 1220. The van der Waals surface area contributed by atoms with Gasteiger partial charge in [0.15, 0.2) is 5.13 Å². The molecule has 1 aliphatic heterocycles. The summed E-state index contributed by atoms with van der Waals surface area (Å²) in [5, 5.41) is 7.90. The number of aromatic nitrogens is 2. The Morgan fingerprint density at radius 2 is 1.94 bits per heavy atom. The Balaban J connectivity index is 1.20. The lowest BCUT2D eigenvalue weighted by molar-refractivity contribution is -0.117. The van der Waals surface area contributed by atoms with Crippen LogP contribution in [-0.4, -0.2) is 34.6 Å². The van der Waals surface area contributed by atoms with Gasteiger partial charge in [0.2, 0.25) is 5.91 Å². The molecule has 34 heavy (non-hydrogen) atoms. The summed E-state index contributed by atoms with van der Waals surface area (Å²) in [7, 11) is 0. The molecule has 0 bridgehead atoms. The Kier molecular flexibility index (Phi) is 5.49. The first-order valence-corrected chi connectivity index (χ1v) is 13.3. The van der Waals surface area contributed by atoms with Crippen molar-refractivity contribution in [2.75, 3.05) is 28.6 Å². The van der Waals surface area contributed by atoms with Crippen LogP contribution in [0.4, 0.5) is 26.7 Å². The summed E-state index contributed by atoms with van der Waals surface area (Å²) in [6.45, 7) is 2.90. The SMILES string of the molecule is Cc1cnc(Nc2cc(N3CC(F)(C4CC4)C3)cc(Sc3ccc(NC(=O)C4CC4)cc3)n2)s1. The minimum absolute atomic E-state index is 0.104. The van der Waals surface area contributed by atoms with Gasteiger partial charge in [-0.3, -0.25) is 4.79 Å². The van der Waals surface area contributed by atoms with E-state index in [-0.39, 0.29) is 17.7 Å². The van der Waals surface area contributed by atoms with E-state index in [4.69, 9.17) is 4.98 Å². The zero-order valence-corrected chi connectivity index (χ0v) is 20.5. The number of benzene rings is 1. The number of nitrogens with zero attached hydrogens (tertiary/aromatic N) is 3. The van der Waals surface area contributed by atoms with Gasteiger partial charge in [0.1, 0.15) is 16.5 Å². The third-order valence-corrected chi connectivity index (χ3v) is 8.27. The summed E-state index contributed by atoms with van der Waals surface area (Å²) in [6, 6.07) is 11.8. The molecule has 0 atom stereocenters. The molecule has 3 aliphatic rings. The van der Waals surface area contributed by atoms with Crippen molar-refractivity contribution in [3.63, 3.8) is 0 Å². The van der Waals surface area contributed by atoms with Crippen LogP contribution in [0.15, 0.2) is 52.5 Å². The minimum atomic E-state index is -1.04. The summed E-state index contributed by atoms with van der Waals surface area (Å²) < 4.78 is 15.0. The van der Waals surface area contributed by atoms with Gasteiger partial charge in [0.05, 0.1) is 13.1 Å². The summed E-state index contributed by atoms with van der Waals surface area (Å²) >= 11 is 3.12. The third-order valence-electron chi connectivity index (χ3n) is 6.52. The molecule has 9 heteroatoms. The Hall–Kier alpha value is -2.65. The molecule has 2 saturated carbocycles. The second-order valence-electron chi connectivity index (χ2n) is 9.50. The van der Waals surface area contributed by atoms with Crippen LogP contribution >= 0.6 is 23.1 Å². The highest BCUT2D eigenvalue weighted by atomic mass is 32.2. The number of thiazole rings is 1. The van der Waals surface area contributed by atoms with E-state index in [2.05, 4.69) is 20.5 Å². The Labute approximate surface area is 206 Å². The van der Waals surface area contributed by atoms with Gasteiger partial charge >= 0.3 is 0 Å². The number of anilines is 4. The number of halogens is 1. The van der Waals surface area contributed by atoms with Crippen LogP contribution in [0.2, 0.25) is 0 Å². The van der Waals surface area contributed by atoms with Crippen molar-refractivity contribution in [1.82, 2.24) is 9.97 Å². The van der Waals surface area contributed by atoms with Gasteiger partial charge in [-0.1, -0.05) is 11.8 Å². The van der Waals surface area contributed by atoms with Crippen molar-refractivity contribution in [3.05, 3.63) is 47.5 Å². The summed E-state index contributed by atoms with van der Waals surface area (Å²) in [5.41, 5.74) is 0.733. The fourth-order valence-corrected chi connectivity index (χ4v) is 5.77. The van der Waals surface area contributed by atoms with Gasteiger partial charge < -0.3 is 15.5 Å². The average molecular weight is 496 g/mol. The molecule has 2 aromatic heterocycles. The number of pyridine rings is 1. The maximum atomic E-state index is 15.0. The van der Waals surface area contributed by atoms with Crippen LogP contribution in [0.25, 0.3) is 0 Å². The Morgan fingerprint density at radius 1 is 1.18 bits per heavy atom. The van der Waals surface area contributed by atoms with E-state index in [0.29, 0.717) is 18.9 Å². The van der Waals surface area contributed by atoms with Gasteiger partial charge in [-0.2, -0.15) is 0 Å². The van der Waals surface area contributed by atoms with Crippen molar-refractivity contribution < 1.29 is 9.18 Å². The molecule has 2 aliphatic carbocycles. The van der Waals surface area contributed by atoms with E-state index < -0.39 is 5.67 Å². The maximum Gasteiger partial charge on any atom is 0.227 e. The summed E-state index contributed by atoms with van der Waals surface area (Å²) in [4.78, 5) is 25.4. The largest absolute Gasteiger partial charge is 0.365 e. The zero-order valence-electron chi connectivity index (χ0n) is 18.9. The zero-order chi connectivity index (χ0) is 23.3. The molecule has 176 valence electrons. The molecule has 6 nitrogen and oxygen atoms in total. The molecule has 0 unspecified atom stereocenters. The van der Waals surface area contributed by atoms with Gasteiger partial charge in [-0.25, -0.2) is 14.4 Å². The molecule has 3 heterocycles. The monoisotopic (exact) mass is 495 g/mol. The van der Waals surface area contributed by atoms with Crippen LogP contribution in [0, 0.1) is 18.8 Å².